The zero-order valence-corrected chi connectivity index (χ0v) is 16.7. The van der Waals surface area contributed by atoms with E-state index < -0.39 is 23.2 Å². The number of amides is 1. The Morgan fingerprint density at radius 3 is 2.74 bits per heavy atom. The minimum atomic E-state index is -0.869. The second-order valence-electron chi connectivity index (χ2n) is 6.85. The molecule has 2 aromatic heterocycles. The van der Waals surface area contributed by atoms with Gasteiger partial charge in [0.25, 0.3) is 5.91 Å². The Labute approximate surface area is 176 Å². The number of rotatable bonds is 8. The molecule has 1 fully saturated rings. The number of pyridine rings is 1. The molecule has 1 aromatic carbocycles. The lowest BCUT2D eigenvalue weighted by Crippen LogP contribution is -2.38. The molecule has 31 heavy (non-hydrogen) atoms. The minimum Gasteiger partial charge on any atom is -0.485 e. The van der Waals surface area contributed by atoms with E-state index in [-0.39, 0.29) is 11.8 Å². The highest BCUT2D eigenvalue weighted by Gasteiger charge is 2.23. The van der Waals surface area contributed by atoms with Gasteiger partial charge in [-0.2, -0.15) is 5.10 Å². The Morgan fingerprint density at radius 1 is 1.29 bits per heavy atom. The zero-order chi connectivity index (χ0) is 21.8. The summed E-state index contributed by atoms with van der Waals surface area (Å²) >= 11 is 0. The monoisotopic (exact) mass is 430 g/mol. The van der Waals surface area contributed by atoms with Gasteiger partial charge in [-0.1, -0.05) is 6.07 Å². The maximum absolute atomic E-state index is 13.8. The van der Waals surface area contributed by atoms with Crippen LogP contribution < -0.4 is 14.8 Å². The van der Waals surface area contributed by atoms with Gasteiger partial charge in [0, 0.05) is 29.9 Å². The van der Waals surface area contributed by atoms with Gasteiger partial charge >= 0.3 is 0 Å². The molecule has 10 heteroatoms. The third-order valence-electron chi connectivity index (χ3n) is 4.56. The van der Waals surface area contributed by atoms with Crippen LogP contribution in [0, 0.1) is 11.6 Å². The van der Waals surface area contributed by atoms with Crippen LogP contribution in [0.25, 0.3) is 0 Å². The molecule has 0 bridgehead atoms. The fraction of sp³-hybridized carbons (Fsp3) is 0.286. The highest BCUT2D eigenvalue weighted by Crippen LogP contribution is 2.27. The number of hydrogen-bond donors (Lipinski definition) is 2. The lowest BCUT2D eigenvalue weighted by molar-refractivity contribution is -0.0800. The first-order valence-corrected chi connectivity index (χ1v) is 9.69. The number of hydrogen-bond acceptors (Lipinski definition) is 6. The predicted molar refractivity (Wildman–Crippen MR) is 106 cm³/mol. The molecule has 0 aliphatic carbocycles. The van der Waals surface area contributed by atoms with Crippen LogP contribution in [0.5, 0.6) is 11.6 Å². The second-order valence-corrected chi connectivity index (χ2v) is 6.85. The van der Waals surface area contributed by atoms with Crippen molar-refractivity contribution in [2.45, 2.75) is 19.4 Å². The fourth-order valence-corrected chi connectivity index (χ4v) is 2.95. The first-order chi connectivity index (χ1) is 15.0. The Hall–Kier alpha value is -3.53. The molecule has 3 aromatic rings. The van der Waals surface area contributed by atoms with Crippen LogP contribution in [0.1, 0.15) is 28.7 Å². The van der Waals surface area contributed by atoms with Crippen LogP contribution in [0.3, 0.4) is 0 Å². The Bertz CT molecular complexity index is 1060. The van der Waals surface area contributed by atoms with E-state index >= 15 is 0 Å². The summed E-state index contributed by atoms with van der Waals surface area (Å²) in [7, 11) is 0. The maximum Gasteiger partial charge on any atom is 0.276 e. The molecule has 3 heterocycles. The molecule has 0 spiro atoms. The molecule has 8 nitrogen and oxygen atoms in total. The SMILES string of the molecule is CCOc1cc(OC2COC2)c(Cc2cc(C(=O)Nc3c(F)cccc3F)n[nH]2)cn1. The lowest BCUT2D eigenvalue weighted by atomic mass is 10.1. The molecule has 0 saturated carbocycles. The van der Waals surface area contributed by atoms with Gasteiger partial charge in [0.05, 0.1) is 19.8 Å². The first-order valence-electron chi connectivity index (χ1n) is 9.69. The number of anilines is 1. The molecule has 0 atom stereocenters. The van der Waals surface area contributed by atoms with Crippen LogP contribution in [0.15, 0.2) is 36.5 Å². The molecule has 0 radical (unpaired) electrons. The largest absolute Gasteiger partial charge is 0.485 e. The van der Waals surface area contributed by atoms with Gasteiger partial charge in [-0.15, -0.1) is 0 Å². The predicted octanol–water partition coefficient (Wildman–Crippen LogP) is 3.10. The van der Waals surface area contributed by atoms with Crippen LogP contribution >= 0.6 is 0 Å². The molecule has 1 saturated heterocycles. The van der Waals surface area contributed by atoms with E-state index in [4.69, 9.17) is 14.2 Å². The number of ether oxygens (including phenoxy) is 3. The number of H-pyrrole nitrogens is 1. The van der Waals surface area contributed by atoms with Crippen molar-refractivity contribution in [1.82, 2.24) is 15.2 Å². The number of nitrogens with zero attached hydrogens (tertiary/aromatic N) is 2. The quantitative estimate of drug-likeness (QED) is 0.570. The Balaban J connectivity index is 1.49. The van der Waals surface area contributed by atoms with Crippen molar-refractivity contribution < 1.29 is 27.8 Å². The number of carbonyl (C=O) groups excluding carboxylic acids is 1. The lowest BCUT2D eigenvalue weighted by Gasteiger charge is -2.27. The summed E-state index contributed by atoms with van der Waals surface area (Å²) < 4.78 is 44.1. The smallest absolute Gasteiger partial charge is 0.276 e. The second kappa shape index (κ2) is 9.09. The van der Waals surface area contributed by atoms with Gasteiger partial charge in [-0.05, 0) is 25.1 Å². The number of nitrogens with one attached hydrogen (secondary N) is 2. The number of carbonyl (C=O) groups is 1. The summed E-state index contributed by atoms with van der Waals surface area (Å²) in [6.07, 6.45) is 1.93. The van der Waals surface area contributed by atoms with Crippen LogP contribution in [-0.2, 0) is 11.2 Å². The highest BCUT2D eigenvalue weighted by molar-refractivity contribution is 6.03. The average molecular weight is 430 g/mol. The molecule has 1 aliphatic rings. The third-order valence-corrected chi connectivity index (χ3v) is 4.56. The molecule has 1 aliphatic heterocycles. The van der Waals surface area contributed by atoms with Gasteiger partial charge in [0.2, 0.25) is 5.88 Å². The van der Waals surface area contributed by atoms with Crippen LogP contribution in [0.2, 0.25) is 0 Å². The van der Waals surface area contributed by atoms with E-state index in [0.717, 1.165) is 17.7 Å². The van der Waals surface area contributed by atoms with Crippen LogP contribution in [0.4, 0.5) is 14.5 Å². The summed E-state index contributed by atoms with van der Waals surface area (Å²) in [6, 6.07) is 6.54. The van der Waals surface area contributed by atoms with Crippen molar-refractivity contribution in [2.75, 3.05) is 25.1 Å². The van der Waals surface area contributed by atoms with Gasteiger partial charge in [0.1, 0.15) is 29.2 Å². The van der Waals surface area contributed by atoms with E-state index in [1.54, 1.807) is 12.3 Å². The van der Waals surface area contributed by atoms with Crippen molar-refractivity contribution in [2.24, 2.45) is 0 Å². The van der Waals surface area contributed by atoms with Gasteiger partial charge in [0.15, 0.2) is 5.69 Å². The summed E-state index contributed by atoms with van der Waals surface area (Å²) in [5.74, 6) is -1.43. The van der Waals surface area contributed by atoms with E-state index in [0.29, 0.717) is 43.6 Å². The van der Waals surface area contributed by atoms with E-state index in [1.807, 2.05) is 6.92 Å². The Morgan fingerprint density at radius 2 is 2.06 bits per heavy atom. The van der Waals surface area contributed by atoms with Gasteiger partial charge < -0.3 is 19.5 Å². The summed E-state index contributed by atoms with van der Waals surface area (Å²) in [5, 5.41) is 8.91. The summed E-state index contributed by atoms with van der Waals surface area (Å²) in [5.41, 5.74) is 0.823. The molecule has 162 valence electrons. The normalized spacial score (nSPS) is 13.5. The molecule has 1 amide bonds. The molecule has 2 N–H and O–H groups in total. The Kier molecular flexibility index (Phi) is 6.08. The first kappa shape index (κ1) is 20.7. The van der Waals surface area contributed by atoms with Gasteiger partial charge in [-0.3, -0.25) is 9.89 Å². The van der Waals surface area contributed by atoms with Crippen molar-refractivity contribution in [3.63, 3.8) is 0 Å². The van der Waals surface area contributed by atoms with Crippen LogP contribution in [-0.4, -0.2) is 47.0 Å². The fourth-order valence-electron chi connectivity index (χ4n) is 2.95. The number of halogens is 2. The highest BCUT2D eigenvalue weighted by atomic mass is 19.1. The molecule has 4 rings (SSSR count). The average Bonchev–Trinajstić information content (AvgIpc) is 3.18. The number of para-hydroxylation sites is 1. The summed E-state index contributed by atoms with van der Waals surface area (Å²) in [4.78, 5) is 16.6. The molecular weight excluding hydrogens is 410 g/mol. The van der Waals surface area contributed by atoms with E-state index in [1.165, 1.54) is 12.1 Å². The molecular formula is C21H20F2N4O4. The molecule has 0 unspecified atom stereocenters. The standard InChI is InChI=1S/C21H20F2N4O4/c1-2-30-19-8-18(31-14-10-29-11-14)12(9-24-19)6-13-7-17(27-26-13)21(28)25-20-15(22)4-3-5-16(20)23/h3-5,7-9,14H,2,6,10-11H2,1H3,(H,25,28)(H,26,27). The van der Waals surface area contributed by atoms with E-state index in [2.05, 4.69) is 20.5 Å². The minimum absolute atomic E-state index is 0.00795. The number of aromatic amines is 1. The zero-order valence-electron chi connectivity index (χ0n) is 16.7. The van der Waals surface area contributed by atoms with E-state index in [9.17, 15) is 13.6 Å². The van der Waals surface area contributed by atoms with Gasteiger partial charge in [-0.25, -0.2) is 13.8 Å². The third kappa shape index (κ3) is 4.80. The van der Waals surface area contributed by atoms with Crippen molar-refractivity contribution >= 4 is 11.6 Å². The number of benzene rings is 1. The maximum atomic E-state index is 13.8. The number of aromatic nitrogens is 3. The van der Waals surface area contributed by atoms with Crippen molar-refractivity contribution in [3.05, 3.63) is 65.1 Å². The topological polar surface area (TPSA) is 98.4 Å². The van der Waals surface area contributed by atoms with Crippen molar-refractivity contribution in [1.29, 1.82) is 0 Å². The summed E-state index contributed by atoms with van der Waals surface area (Å²) in [6.45, 7) is 3.35. The van der Waals surface area contributed by atoms with Crippen molar-refractivity contribution in [3.8, 4) is 11.6 Å².